The number of fused-ring (bicyclic) bond motifs is 1. The fourth-order valence-electron chi connectivity index (χ4n) is 5.69. The molecule has 0 saturated heterocycles. The van der Waals surface area contributed by atoms with E-state index in [0.29, 0.717) is 22.3 Å². The molecule has 0 atom stereocenters. The van der Waals surface area contributed by atoms with Crippen molar-refractivity contribution in [1.29, 1.82) is 5.26 Å². The lowest BCUT2D eigenvalue weighted by Gasteiger charge is -2.28. The van der Waals surface area contributed by atoms with Gasteiger partial charge in [-0.3, -0.25) is 0 Å². The molecule has 6 rings (SSSR count). The third kappa shape index (κ3) is 3.81. The second kappa shape index (κ2) is 8.46. The lowest BCUT2D eigenvalue weighted by atomic mass is 9.83. The molecular weight excluding hydrogens is 460 g/mol. The van der Waals surface area contributed by atoms with Gasteiger partial charge in [0.15, 0.2) is 12.0 Å². The minimum atomic E-state index is -0.294. The van der Waals surface area contributed by atoms with E-state index < -0.39 is 0 Å². The van der Waals surface area contributed by atoms with Gasteiger partial charge in [-0.05, 0) is 56.6 Å². The highest BCUT2D eigenvalue weighted by Gasteiger charge is 2.53. The number of nitriles is 1. The van der Waals surface area contributed by atoms with Gasteiger partial charge in [0, 0.05) is 17.1 Å². The third-order valence-electron chi connectivity index (χ3n) is 7.75. The Bertz CT molecular complexity index is 1450. The third-order valence-corrected chi connectivity index (χ3v) is 7.99. The fraction of sp³-hybridized carbons (Fsp3) is 0.444. The molecule has 0 radical (unpaired) electrons. The topological polar surface area (TPSA) is 93.4 Å². The Kier molecular flexibility index (Phi) is 5.37. The van der Waals surface area contributed by atoms with Gasteiger partial charge in [-0.25, -0.2) is 15.0 Å². The monoisotopic (exact) mass is 486 g/mol. The number of oxazole rings is 1. The highest BCUT2D eigenvalue weighted by atomic mass is 35.5. The summed E-state index contributed by atoms with van der Waals surface area (Å²) in [6, 6.07) is 9.73. The Morgan fingerprint density at radius 3 is 2.63 bits per heavy atom. The van der Waals surface area contributed by atoms with Crippen LogP contribution in [0.2, 0.25) is 5.02 Å². The van der Waals surface area contributed by atoms with Crippen molar-refractivity contribution < 1.29 is 4.42 Å². The van der Waals surface area contributed by atoms with Crippen molar-refractivity contribution in [1.82, 2.24) is 24.5 Å². The van der Waals surface area contributed by atoms with Gasteiger partial charge in [0.2, 0.25) is 5.82 Å². The molecule has 2 saturated carbocycles. The van der Waals surface area contributed by atoms with Gasteiger partial charge in [0.05, 0.1) is 11.1 Å². The van der Waals surface area contributed by atoms with Gasteiger partial charge in [0.25, 0.3) is 0 Å². The van der Waals surface area contributed by atoms with E-state index in [4.69, 9.17) is 21.0 Å². The van der Waals surface area contributed by atoms with Gasteiger partial charge in [-0.2, -0.15) is 10.2 Å². The molecule has 2 fully saturated rings. The summed E-state index contributed by atoms with van der Waals surface area (Å²) >= 11 is 6.35. The molecule has 1 aromatic carbocycles. The summed E-state index contributed by atoms with van der Waals surface area (Å²) in [7, 11) is 0. The van der Waals surface area contributed by atoms with E-state index in [1.54, 1.807) is 0 Å². The molecule has 178 valence electrons. The number of hydrogen-bond donors (Lipinski definition) is 0. The first-order chi connectivity index (χ1) is 17.0. The average Bonchev–Trinajstić information content (AvgIpc) is 3.40. The fourth-order valence-corrected chi connectivity index (χ4v) is 5.88. The Balaban J connectivity index is 1.59. The molecule has 0 amide bonds. The number of aromatic nitrogens is 5. The Morgan fingerprint density at radius 2 is 1.97 bits per heavy atom. The summed E-state index contributed by atoms with van der Waals surface area (Å²) in [5.74, 6) is 3.22. The average molecular weight is 487 g/mol. The van der Waals surface area contributed by atoms with Gasteiger partial charge >= 0.3 is 0 Å². The van der Waals surface area contributed by atoms with Crippen LogP contribution in [-0.4, -0.2) is 24.5 Å². The number of nitrogens with zero attached hydrogens (tertiary/aromatic N) is 6. The predicted octanol–water partition coefficient (Wildman–Crippen LogP) is 6.22. The molecule has 2 aliphatic rings. The van der Waals surface area contributed by atoms with Crippen LogP contribution in [0.15, 0.2) is 35.1 Å². The van der Waals surface area contributed by atoms with Crippen LogP contribution in [0.4, 0.5) is 0 Å². The summed E-state index contributed by atoms with van der Waals surface area (Å²) in [4.78, 5) is 18.9. The Hall–Kier alpha value is -3.24. The molecule has 3 aromatic heterocycles. The van der Waals surface area contributed by atoms with Crippen LogP contribution in [0, 0.1) is 30.1 Å². The maximum absolute atomic E-state index is 9.69. The van der Waals surface area contributed by atoms with E-state index in [-0.39, 0.29) is 11.2 Å². The predicted molar refractivity (Wildman–Crippen MR) is 133 cm³/mol. The van der Waals surface area contributed by atoms with Crippen molar-refractivity contribution >= 4 is 22.8 Å². The summed E-state index contributed by atoms with van der Waals surface area (Å²) < 4.78 is 7.92. The number of halogens is 1. The summed E-state index contributed by atoms with van der Waals surface area (Å²) in [6.45, 7) is 5.15. The molecule has 0 bridgehead atoms. The zero-order valence-corrected chi connectivity index (χ0v) is 20.7. The van der Waals surface area contributed by atoms with Crippen LogP contribution < -0.4 is 0 Å². The molecule has 0 aliphatic heterocycles. The highest BCUT2D eigenvalue weighted by molar-refractivity contribution is 6.30. The molecule has 35 heavy (non-hydrogen) atoms. The quantitative estimate of drug-likeness (QED) is 0.332. The van der Waals surface area contributed by atoms with Gasteiger partial charge in [-0.1, -0.05) is 43.5 Å². The largest absolute Gasteiger partial charge is 0.448 e. The van der Waals surface area contributed by atoms with Crippen molar-refractivity contribution in [2.24, 2.45) is 11.8 Å². The lowest BCUT2D eigenvalue weighted by Crippen LogP contribution is -2.23. The van der Waals surface area contributed by atoms with Crippen molar-refractivity contribution in [3.8, 4) is 17.3 Å². The molecular formula is C27H27ClN6O. The smallest absolute Gasteiger partial charge is 0.234 e. The first-order valence-electron chi connectivity index (χ1n) is 12.3. The van der Waals surface area contributed by atoms with E-state index in [2.05, 4.69) is 32.5 Å². The summed E-state index contributed by atoms with van der Waals surface area (Å²) in [5, 5.41) is 10.3. The molecule has 8 heteroatoms. The van der Waals surface area contributed by atoms with Gasteiger partial charge < -0.3 is 8.98 Å². The van der Waals surface area contributed by atoms with Crippen LogP contribution in [0.5, 0.6) is 0 Å². The second-order valence-corrected chi connectivity index (χ2v) is 10.6. The second-order valence-electron chi connectivity index (χ2n) is 10.2. The van der Waals surface area contributed by atoms with Crippen molar-refractivity contribution in [2.75, 3.05) is 0 Å². The van der Waals surface area contributed by atoms with Crippen molar-refractivity contribution in [3.63, 3.8) is 0 Å². The minimum absolute atomic E-state index is 0.109. The molecule has 2 aliphatic carbocycles. The molecule has 0 spiro atoms. The number of aryl methyl sites for hydroxylation is 1. The zero-order valence-electron chi connectivity index (χ0n) is 20.0. The SMILES string of the molecule is Cc1ocnc1C1(c2nc3nc(C#N)nc(-c4cccc(Cl)c4)c3n2CC2CCC(C)CC2)CC1. The molecule has 7 nitrogen and oxygen atoms in total. The maximum atomic E-state index is 9.69. The standard InChI is InChI=1S/C27H27ClN6O/c1-16-6-8-18(9-7-16)14-34-23-22(19-4-3-5-20(28)12-19)31-21(13-29)32-25(23)33-26(34)27(10-11-27)24-17(2)35-15-30-24/h3-5,12,15-16,18H,6-11,14H2,1-2H3. The van der Waals surface area contributed by atoms with E-state index in [9.17, 15) is 5.26 Å². The first kappa shape index (κ1) is 22.2. The summed E-state index contributed by atoms with van der Waals surface area (Å²) in [5.41, 5.74) is 3.63. The zero-order chi connectivity index (χ0) is 24.2. The maximum Gasteiger partial charge on any atom is 0.234 e. The molecule has 3 heterocycles. The summed E-state index contributed by atoms with van der Waals surface area (Å²) in [6.07, 6.45) is 8.31. The van der Waals surface area contributed by atoms with E-state index in [1.165, 1.54) is 32.1 Å². The Labute approximate surface area is 209 Å². The van der Waals surface area contributed by atoms with Crippen molar-refractivity contribution in [2.45, 2.75) is 64.3 Å². The van der Waals surface area contributed by atoms with Gasteiger partial charge in [-0.15, -0.1) is 0 Å². The molecule has 0 N–H and O–H groups in total. The highest BCUT2D eigenvalue weighted by Crippen LogP contribution is 2.54. The lowest BCUT2D eigenvalue weighted by molar-refractivity contribution is 0.264. The van der Waals surface area contributed by atoms with Crippen LogP contribution in [-0.2, 0) is 12.0 Å². The number of imidazole rings is 1. The Morgan fingerprint density at radius 1 is 1.17 bits per heavy atom. The number of hydrogen-bond acceptors (Lipinski definition) is 6. The number of benzene rings is 1. The van der Waals surface area contributed by atoms with Crippen LogP contribution in [0.3, 0.4) is 0 Å². The van der Waals surface area contributed by atoms with Crippen molar-refractivity contribution in [3.05, 3.63) is 58.8 Å². The van der Waals surface area contributed by atoms with E-state index in [1.807, 2.05) is 31.2 Å². The minimum Gasteiger partial charge on any atom is -0.448 e. The first-order valence-corrected chi connectivity index (χ1v) is 12.7. The number of rotatable bonds is 5. The van der Waals surface area contributed by atoms with Crippen LogP contribution in [0.1, 0.15) is 68.6 Å². The van der Waals surface area contributed by atoms with E-state index >= 15 is 0 Å². The molecule has 4 aromatic rings. The normalized spacial score (nSPS) is 21.2. The molecule has 0 unspecified atom stereocenters. The van der Waals surface area contributed by atoms with Gasteiger partial charge in [0.1, 0.15) is 28.9 Å². The van der Waals surface area contributed by atoms with E-state index in [0.717, 1.165) is 53.7 Å². The van der Waals surface area contributed by atoms with Crippen LogP contribution in [0.25, 0.3) is 22.4 Å². The van der Waals surface area contributed by atoms with Crippen LogP contribution >= 0.6 is 11.6 Å².